The minimum absolute atomic E-state index is 0.319. The lowest BCUT2D eigenvalue weighted by Crippen LogP contribution is -2.16. The fourth-order valence-electron chi connectivity index (χ4n) is 0.307. The van der Waals surface area contributed by atoms with Crippen LogP contribution in [-0.2, 0) is 4.74 Å². The van der Waals surface area contributed by atoms with Gasteiger partial charge in [0.2, 0.25) is 0 Å². The van der Waals surface area contributed by atoms with Crippen molar-refractivity contribution >= 4 is 0 Å². The molecule has 2 N–H and O–H groups in total. The molecule has 0 aliphatic carbocycles. The molecule has 1 unspecified atom stereocenters. The van der Waals surface area contributed by atoms with Gasteiger partial charge in [0.1, 0.15) is 0 Å². The van der Waals surface area contributed by atoms with Gasteiger partial charge in [-0.2, -0.15) is 0 Å². The molecule has 0 rings (SSSR count). The monoisotopic (exact) mass is 120 g/mol. The molecule has 0 bridgehead atoms. The van der Waals surface area contributed by atoms with Crippen LogP contribution in [0.3, 0.4) is 0 Å². The van der Waals surface area contributed by atoms with E-state index in [9.17, 15) is 0 Å². The van der Waals surface area contributed by atoms with Crippen LogP contribution in [0.1, 0.15) is 13.3 Å². The summed E-state index contributed by atoms with van der Waals surface area (Å²) in [5.74, 6) is 0. The zero-order valence-electron chi connectivity index (χ0n) is 5.00. The normalized spacial score (nSPS) is 13.9. The molecular weight excluding hydrogens is 108 g/mol. The highest BCUT2D eigenvalue weighted by Gasteiger charge is 1.97. The molecule has 8 heavy (non-hydrogen) atoms. The van der Waals surface area contributed by atoms with E-state index in [1.165, 1.54) is 0 Å². The van der Waals surface area contributed by atoms with E-state index in [1.807, 2.05) is 6.92 Å². The van der Waals surface area contributed by atoms with Gasteiger partial charge >= 0.3 is 0 Å². The summed E-state index contributed by atoms with van der Waals surface area (Å²) in [6.45, 7) is 2.12. The lowest BCUT2D eigenvalue weighted by atomic mass is 10.5. The Hall–Kier alpha value is -0.120. The largest absolute Gasteiger partial charge is 0.391 e. The fourth-order valence-corrected chi connectivity index (χ4v) is 0.307. The summed E-state index contributed by atoms with van der Waals surface area (Å²) in [6, 6.07) is 0. The smallest absolute Gasteiger partial charge is 0.177 e. The summed E-state index contributed by atoms with van der Waals surface area (Å²) in [5.41, 5.74) is 0. The van der Waals surface area contributed by atoms with E-state index in [4.69, 9.17) is 10.2 Å². The Morgan fingerprint density at radius 3 is 2.62 bits per heavy atom. The van der Waals surface area contributed by atoms with Gasteiger partial charge in [0.15, 0.2) is 6.29 Å². The number of aliphatic hydroxyl groups excluding tert-OH is 2. The Labute approximate surface area is 48.9 Å². The van der Waals surface area contributed by atoms with Gasteiger partial charge in [0.05, 0.1) is 6.61 Å². The maximum Gasteiger partial charge on any atom is 0.177 e. The van der Waals surface area contributed by atoms with Crippen LogP contribution in [0.4, 0.5) is 0 Å². The lowest BCUT2D eigenvalue weighted by molar-refractivity contribution is -0.124. The van der Waals surface area contributed by atoms with Crippen LogP contribution < -0.4 is 0 Å². The van der Waals surface area contributed by atoms with Gasteiger partial charge in [-0.05, 0) is 6.42 Å². The number of rotatable bonds is 4. The topological polar surface area (TPSA) is 49.7 Å². The number of hydrogen-bond acceptors (Lipinski definition) is 3. The summed E-state index contributed by atoms with van der Waals surface area (Å²) in [7, 11) is 0. The fraction of sp³-hybridized carbons (Fsp3) is 1.00. The van der Waals surface area contributed by atoms with Gasteiger partial charge < -0.3 is 14.9 Å². The molecule has 0 fully saturated rings. The Bertz CT molecular complexity index is 46.9. The zero-order valence-corrected chi connectivity index (χ0v) is 5.00. The van der Waals surface area contributed by atoms with Gasteiger partial charge in [-0.3, -0.25) is 0 Å². The van der Waals surface area contributed by atoms with Crippen molar-refractivity contribution in [3.8, 4) is 0 Å². The molecule has 0 saturated heterocycles. The second-order valence-corrected chi connectivity index (χ2v) is 1.51. The van der Waals surface area contributed by atoms with Gasteiger partial charge in [-0.15, -0.1) is 0 Å². The van der Waals surface area contributed by atoms with Gasteiger partial charge in [-0.25, -0.2) is 0 Å². The molecule has 0 radical (unpaired) electrons. The van der Waals surface area contributed by atoms with Crippen molar-refractivity contribution in [2.45, 2.75) is 19.6 Å². The molecule has 1 atom stereocenters. The minimum atomic E-state index is -0.991. The van der Waals surface area contributed by atoms with Crippen LogP contribution >= 0.6 is 0 Å². The van der Waals surface area contributed by atoms with E-state index in [2.05, 4.69) is 4.74 Å². The maximum absolute atomic E-state index is 8.52. The first-order valence-corrected chi connectivity index (χ1v) is 2.71. The number of hydrogen-bond donors (Lipinski definition) is 2. The van der Waals surface area contributed by atoms with Crippen LogP contribution in [-0.4, -0.2) is 29.7 Å². The maximum atomic E-state index is 8.52. The Balaban J connectivity index is 2.86. The lowest BCUT2D eigenvalue weighted by Gasteiger charge is -2.05. The third-order valence-corrected chi connectivity index (χ3v) is 0.671. The van der Waals surface area contributed by atoms with E-state index >= 15 is 0 Å². The van der Waals surface area contributed by atoms with Crippen molar-refractivity contribution in [1.29, 1.82) is 0 Å². The molecule has 3 heteroatoms. The first-order valence-electron chi connectivity index (χ1n) is 2.71. The number of ether oxygens (including phenoxy) is 1. The van der Waals surface area contributed by atoms with Crippen molar-refractivity contribution < 1.29 is 14.9 Å². The van der Waals surface area contributed by atoms with E-state index < -0.39 is 6.29 Å². The Morgan fingerprint density at radius 1 is 1.62 bits per heavy atom. The first-order chi connectivity index (χ1) is 3.81. The second-order valence-electron chi connectivity index (χ2n) is 1.51. The van der Waals surface area contributed by atoms with Crippen molar-refractivity contribution in [2.75, 3.05) is 13.2 Å². The predicted molar refractivity (Wildman–Crippen MR) is 29.3 cm³/mol. The molecule has 50 valence electrons. The van der Waals surface area contributed by atoms with Crippen molar-refractivity contribution in [1.82, 2.24) is 0 Å². The zero-order chi connectivity index (χ0) is 6.41. The second kappa shape index (κ2) is 5.03. The van der Waals surface area contributed by atoms with Gasteiger partial charge in [0.25, 0.3) is 0 Å². The van der Waals surface area contributed by atoms with Gasteiger partial charge in [-0.1, -0.05) is 6.92 Å². The van der Waals surface area contributed by atoms with E-state index in [-0.39, 0.29) is 6.61 Å². The van der Waals surface area contributed by atoms with E-state index in [0.29, 0.717) is 6.61 Å². The van der Waals surface area contributed by atoms with Crippen LogP contribution in [0.5, 0.6) is 0 Å². The molecule has 0 spiro atoms. The minimum Gasteiger partial charge on any atom is -0.391 e. The Morgan fingerprint density at radius 2 is 2.25 bits per heavy atom. The summed E-state index contributed by atoms with van der Waals surface area (Å²) in [5, 5.41) is 16.7. The molecule has 0 heterocycles. The summed E-state index contributed by atoms with van der Waals surface area (Å²) in [4.78, 5) is 0. The highest BCUT2D eigenvalue weighted by Crippen LogP contribution is 1.85. The van der Waals surface area contributed by atoms with E-state index in [1.54, 1.807) is 0 Å². The third-order valence-electron chi connectivity index (χ3n) is 0.671. The molecule has 0 aliphatic heterocycles. The molecular formula is C5H12O3. The van der Waals surface area contributed by atoms with E-state index in [0.717, 1.165) is 6.42 Å². The number of aliphatic hydroxyl groups is 2. The molecule has 0 aromatic rings. The summed E-state index contributed by atoms with van der Waals surface area (Å²) >= 11 is 0. The third kappa shape index (κ3) is 4.05. The van der Waals surface area contributed by atoms with Crippen LogP contribution in [0.2, 0.25) is 0 Å². The van der Waals surface area contributed by atoms with Gasteiger partial charge in [0, 0.05) is 6.61 Å². The SMILES string of the molecule is CCCOC(O)CO. The average Bonchev–Trinajstić information content (AvgIpc) is 1.83. The predicted octanol–water partition coefficient (Wildman–Crippen LogP) is -0.276. The standard InChI is InChI=1S/C5H12O3/c1-2-3-8-5(7)4-6/h5-7H,2-4H2,1H3. The van der Waals surface area contributed by atoms with Crippen LogP contribution in [0.15, 0.2) is 0 Å². The average molecular weight is 120 g/mol. The molecule has 0 aromatic heterocycles. The molecule has 0 amide bonds. The van der Waals surface area contributed by atoms with Crippen molar-refractivity contribution in [2.24, 2.45) is 0 Å². The molecule has 3 nitrogen and oxygen atoms in total. The van der Waals surface area contributed by atoms with Crippen LogP contribution in [0, 0.1) is 0 Å². The summed E-state index contributed by atoms with van der Waals surface area (Å²) < 4.78 is 4.65. The highest BCUT2D eigenvalue weighted by molar-refractivity contribution is 4.32. The van der Waals surface area contributed by atoms with Crippen molar-refractivity contribution in [3.05, 3.63) is 0 Å². The Kier molecular flexibility index (Phi) is 4.95. The van der Waals surface area contributed by atoms with Crippen molar-refractivity contribution in [3.63, 3.8) is 0 Å². The molecule has 0 aliphatic rings. The van der Waals surface area contributed by atoms with Crippen LogP contribution in [0.25, 0.3) is 0 Å². The quantitative estimate of drug-likeness (QED) is 0.502. The molecule has 0 aromatic carbocycles. The molecule has 0 saturated carbocycles. The first kappa shape index (κ1) is 7.88. The highest BCUT2D eigenvalue weighted by atomic mass is 16.6. The summed E-state index contributed by atoms with van der Waals surface area (Å²) in [6.07, 6.45) is -0.133.